The van der Waals surface area contributed by atoms with Gasteiger partial charge in [-0.1, -0.05) is 67.1 Å². The summed E-state index contributed by atoms with van der Waals surface area (Å²) >= 11 is 8.18. The van der Waals surface area contributed by atoms with Crippen molar-refractivity contribution in [3.05, 3.63) is 45.0 Å². The lowest BCUT2D eigenvalue weighted by atomic mass is 10.1. The molecule has 1 unspecified atom stereocenters. The molecule has 0 spiro atoms. The highest BCUT2D eigenvalue weighted by Crippen LogP contribution is 2.40. The Hall–Kier alpha value is 0.157. The molecule has 1 atom stereocenters. The summed E-state index contributed by atoms with van der Waals surface area (Å²) < 4.78 is 8.49. The van der Waals surface area contributed by atoms with Crippen LogP contribution in [0.2, 0.25) is 23.2 Å². The van der Waals surface area contributed by atoms with Crippen molar-refractivity contribution in [1.82, 2.24) is 0 Å². The molecule has 0 aliphatic rings. The Balaban J connectivity index is 3.00. The SMILES string of the molecule is CC(C)(C)[Si](C)(C)OC(C=CI)c1ccc(Cl)cc1. The summed E-state index contributed by atoms with van der Waals surface area (Å²) in [4.78, 5) is 0. The summed E-state index contributed by atoms with van der Waals surface area (Å²) in [6.45, 7) is 11.3. The van der Waals surface area contributed by atoms with Crippen LogP contribution in [0.25, 0.3) is 0 Å². The molecule has 1 rings (SSSR count). The molecule has 4 heteroatoms. The number of hydrogen-bond donors (Lipinski definition) is 0. The largest absolute Gasteiger partial charge is 0.406 e. The fourth-order valence-electron chi connectivity index (χ4n) is 1.43. The average molecular weight is 409 g/mol. The summed E-state index contributed by atoms with van der Waals surface area (Å²) in [6, 6.07) is 7.91. The van der Waals surface area contributed by atoms with Crippen molar-refractivity contribution in [2.75, 3.05) is 0 Å². The van der Waals surface area contributed by atoms with Crippen molar-refractivity contribution in [1.29, 1.82) is 0 Å². The van der Waals surface area contributed by atoms with Gasteiger partial charge in [0.2, 0.25) is 0 Å². The van der Waals surface area contributed by atoms with E-state index < -0.39 is 8.32 Å². The van der Waals surface area contributed by atoms with E-state index >= 15 is 0 Å². The van der Waals surface area contributed by atoms with Crippen LogP contribution in [0.1, 0.15) is 32.4 Å². The van der Waals surface area contributed by atoms with Gasteiger partial charge in [0.15, 0.2) is 8.32 Å². The monoisotopic (exact) mass is 408 g/mol. The molecule has 0 bridgehead atoms. The molecule has 0 aliphatic carbocycles. The van der Waals surface area contributed by atoms with E-state index in [1.54, 1.807) is 0 Å². The molecule has 0 radical (unpaired) electrons. The molecule has 1 aromatic rings. The summed E-state index contributed by atoms with van der Waals surface area (Å²) in [6.07, 6.45) is 2.11. The maximum atomic E-state index is 6.47. The third kappa shape index (κ3) is 4.88. The predicted octanol–water partition coefficient (Wildman–Crippen LogP) is 6.35. The molecule has 0 aromatic heterocycles. The number of hydrogen-bond acceptors (Lipinski definition) is 1. The van der Waals surface area contributed by atoms with Gasteiger partial charge in [-0.15, -0.1) is 0 Å². The van der Waals surface area contributed by atoms with E-state index in [4.69, 9.17) is 16.0 Å². The Kier molecular flexibility index (Phi) is 6.11. The molecule has 19 heavy (non-hydrogen) atoms. The Bertz CT molecular complexity index is 434. The Morgan fingerprint density at radius 1 is 1.21 bits per heavy atom. The van der Waals surface area contributed by atoms with E-state index in [1.807, 2.05) is 28.3 Å². The summed E-state index contributed by atoms with van der Waals surface area (Å²) in [5.74, 6) is 0. The van der Waals surface area contributed by atoms with Gasteiger partial charge in [0.25, 0.3) is 0 Å². The smallest absolute Gasteiger partial charge is 0.193 e. The summed E-state index contributed by atoms with van der Waals surface area (Å²) in [7, 11) is -1.79. The molecule has 0 fully saturated rings. The molecule has 1 nitrogen and oxygen atoms in total. The minimum absolute atomic E-state index is 0.00931. The maximum Gasteiger partial charge on any atom is 0.193 e. The van der Waals surface area contributed by atoms with E-state index in [9.17, 15) is 0 Å². The van der Waals surface area contributed by atoms with Crippen molar-refractivity contribution >= 4 is 42.5 Å². The van der Waals surface area contributed by atoms with Crippen LogP contribution in [0.15, 0.2) is 34.4 Å². The van der Waals surface area contributed by atoms with Gasteiger partial charge in [-0.3, -0.25) is 0 Å². The molecule has 0 heterocycles. The molecule has 0 saturated carbocycles. The molecule has 0 saturated heterocycles. The minimum Gasteiger partial charge on any atom is -0.406 e. The van der Waals surface area contributed by atoms with E-state index in [0.29, 0.717) is 0 Å². The predicted molar refractivity (Wildman–Crippen MR) is 95.6 cm³/mol. The highest BCUT2D eigenvalue weighted by molar-refractivity contribution is 14.1. The van der Waals surface area contributed by atoms with Crippen LogP contribution in [0.4, 0.5) is 0 Å². The van der Waals surface area contributed by atoms with Gasteiger partial charge < -0.3 is 4.43 Å². The molecule has 1 aromatic carbocycles. The minimum atomic E-state index is -1.79. The highest BCUT2D eigenvalue weighted by atomic mass is 127. The van der Waals surface area contributed by atoms with Gasteiger partial charge in [-0.25, -0.2) is 0 Å². The second-order valence-corrected chi connectivity index (χ2v) is 12.1. The van der Waals surface area contributed by atoms with E-state index in [0.717, 1.165) is 10.6 Å². The molecule has 0 amide bonds. The zero-order valence-corrected chi connectivity index (χ0v) is 16.1. The highest BCUT2D eigenvalue weighted by Gasteiger charge is 2.38. The van der Waals surface area contributed by atoms with Gasteiger partial charge in [-0.05, 0) is 46.0 Å². The first-order valence-electron chi connectivity index (χ1n) is 6.37. The molecular weight excluding hydrogens is 387 g/mol. The molecule has 0 aliphatic heterocycles. The van der Waals surface area contributed by atoms with Crippen molar-refractivity contribution in [3.63, 3.8) is 0 Å². The standard InChI is InChI=1S/C15H22ClIOSi/c1-15(2,3)19(4,5)18-14(10-11-17)12-6-8-13(16)9-7-12/h6-11,14H,1-5H3. The fourth-order valence-corrected chi connectivity index (χ4v) is 3.14. The quantitative estimate of drug-likeness (QED) is 0.416. The molecule has 106 valence electrons. The van der Waals surface area contributed by atoms with Gasteiger partial charge >= 0.3 is 0 Å². The first-order valence-corrected chi connectivity index (χ1v) is 10.9. The topological polar surface area (TPSA) is 9.23 Å². The lowest BCUT2D eigenvalue weighted by molar-refractivity contribution is 0.230. The van der Waals surface area contributed by atoms with Crippen LogP contribution in [0, 0.1) is 0 Å². The van der Waals surface area contributed by atoms with Gasteiger partial charge in [-0.2, -0.15) is 0 Å². The third-order valence-electron chi connectivity index (χ3n) is 3.67. The van der Waals surface area contributed by atoms with Crippen LogP contribution >= 0.6 is 34.2 Å². The average Bonchev–Trinajstić information content (AvgIpc) is 2.27. The Morgan fingerprint density at radius 3 is 2.16 bits per heavy atom. The van der Waals surface area contributed by atoms with Crippen LogP contribution in [-0.2, 0) is 4.43 Å². The molecule has 0 N–H and O–H groups in total. The second-order valence-electron chi connectivity index (χ2n) is 6.17. The summed E-state index contributed by atoms with van der Waals surface area (Å²) in [5, 5.41) is 0.963. The van der Waals surface area contributed by atoms with E-state index in [-0.39, 0.29) is 11.1 Å². The Labute approximate surface area is 136 Å². The van der Waals surface area contributed by atoms with E-state index in [2.05, 4.69) is 62.5 Å². The first kappa shape index (κ1) is 17.2. The Morgan fingerprint density at radius 2 is 1.74 bits per heavy atom. The van der Waals surface area contributed by atoms with Crippen molar-refractivity contribution < 1.29 is 4.43 Å². The number of benzene rings is 1. The van der Waals surface area contributed by atoms with Gasteiger partial charge in [0.1, 0.15) is 0 Å². The normalized spacial score (nSPS) is 14.9. The lowest BCUT2D eigenvalue weighted by Gasteiger charge is -2.38. The first-order chi connectivity index (χ1) is 8.67. The third-order valence-corrected chi connectivity index (χ3v) is 8.80. The van der Waals surface area contributed by atoms with Gasteiger partial charge in [0, 0.05) is 5.02 Å². The zero-order chi connectivity index (χ0) is 14.7. The van der Waals surface area contributed by atoms with Crippen molar-refractivity contribution in [2.45, 2.75) is 45.0 Å². The summed E-state index contributed by atoms with van der Waals surface area (Å²) in [5.41, 5.74) is 1.15. The maximum absolute atomic E-state index is 6.47. The van der Waals surface area contributed by atoms with Crippen LogP contribution in [-0.4, -0.2) is 8.32 Å². The van der Waals surface area contributed by atoms with Crippen molar-refractivity contribution in [3.8, 4) is 0 Å². The van der Waals surface area contributed by atoms with Gasteiger partial charge in [0.05, 0.1) is 6.10 Å². The van der Waals surface area contributed by atoms with Crippen LogP contribution in [0.5, 0.6) is 0 Å². The van der Waals surface area contributed by atoms with Crippen LogP contribution in [0.3, 0.4) is 0 Å². The zero-order valence-electron chi connectivity index (χ0n) is 12.2. The molecular formula is C15H22ClIOSi. The number of rotatable bonds is 4. The van der Waals surface area contributed by atoms with Crippen molar-refractivity contribution in [2.24, 2.45) is 0 Å². The second kappa shape index (κ2) is 6.74. The van der Waals surface area contributed by atoms with E-state index in [1.165, 1.54) is 0 Å². The lowest BCUT2D eigenvalue weighted by Crippen LogP contribution is -2.41. The number of halogens is 2. The van der Waals surface area contributed by atoms with Crippen LogP contribution < -0.4 is 0 Å². The fraction of sp³-hybridized carbons (Fsp3) is 0.467.